The van der Waals surface area contributed by atoms with E-state index >= 15 is 0 Å². The molecular weight excluding hydrogens is 250 g/mol. The van der Waals surface area contributed by atoms with Gasteiger partial charge < -0.3 is 14.8 Å². The second-order valence-corrected chi connectivity index (χ2v) is 5.73. The van der Waals surface area contributed by atoms with E-state index in [9.17, 15) is 0 Å². The maximum Gasteiger partial charge on any atom is 0.161 e. The number of hydrogen-bond acceptors (Lipinski definition) is 3. The molecule has 1 unspecified atom stereocenters. The third kappa shape index (κ3) is 5.83. The average molecular weight is 279 g/mol. The highest BCUT2D eigenvalue weighted by Gasteiger charge is 2.13. The number of benzene rings is 1. The first-order chi connectivity index (χ1) is 9.56. The van der Waals surface area contributed by atoms with Crippen LogP contribution in [-0.4, -0.2) is 26.3 Å². The van der Waals surface area contributed by atoms with Crippen LogP contribution in [0.4, 0.5) is 0 Å². The number of hydrogen-bond donors (Lipinski definition) is 1. The molecule has 1 aromatic carbocycles. The first-order valence-corrected chi connectivity index (χ1v) is 7.58. The van der Waals surface area contributed by atoms with Crippen molar-refractivity contribution in [3.05, 3.63) is 23.8 Å². The molecule has 0 aliphatic heterocycles. The Morgan fingerprint density at radius 1 is 1.15 bits per heavy atom. The molecule has 0 saturated heterocycles. The summed E-state index contributed by atoms with van der Waals surface area (Å²) < 4.78 is 11.5. The Balaban J connectivity index is 2.64. The molecule has 3 nitrogen and oxygen atoms in total. The van der Waals surface area contributed by atoms with Crippen molar-refractivity contribution in [3.8, 4) is 11.5 Å². The molecule has 1 N–H and O–H groups in total. The Morgan fingerprint density at radius 3 is 2.50 bits per heavy atom. The standard InChI is InChI=1S/C17H29NO2/c1-6-7-15(12-18-11-13(2)3)20-16-9-8-14(4)10-17(16)19-5/h8-10,13,15,18H,6-7,11-12H2,1-5H3. The first-order valence-electron chi connectivity index (χ1n) is 7.58. The van der Waals surface area contributed by atoms with E-state index in [2.05, 4.69) is 39.1 Å². The van der Waals surface area contributed by atoms with Crippen LogP contribution in [0.15, 0.2) is 18.2 Å². The molecule has 0 saturated carbocycles. The Hall–Kier alpha value is -1.22. The molecule has 20 heavy (non-hydrogen) atoms. The predicted octanol–water partition coefficient (Wildman–Crippen LogP) is 3.80. The summed E-state index contributed by atoms with van der Waals surface area (Å²) >= 11 is 0. The fourth-order valence-electron chi connectivity index (χ4n) is 2.11. The predicted molar refractivity (Wildman–Crippen MR) is 84.8 cm³/mol. The lowest BCUT2D eigenvalue weighted by molar-refractivity contribution is 0.178. The van der Waals surface area contributed by atoms with E-state index in [-0.39, 0.29) is 6.10 Å². The van der Waals surface area contributed by atoms with Crippen molar-refractivity contribution in [1.82, 2.24) is 5.32 Å². The van der Waals surface area contributed by atoms with E-state index in [1.165, 1.54) is 5.56 Å². The summed E-state index contributed by atoms with van der Waals surface area (Å²) in [6.45, 7) is 10.6. The molecule has 0 spiro atoms. The van der Waals surface area contributed by atoms with Gasteiger partial charge in [0.15, 0.2) is 11.5 Å². The van der Waals surface area contributed by atoms with Crippen LogP contribution in [0.2, 0.25) is 0 Å². The Morgan fingerprint density at radius 2 is 1.90 bits per heavy atom. The molecule has 0 aliphatic carbocycles. The lowest BCUT2D eigenvalue weighted by Gasteiger charge is -2.21. The zero-order chi connectivity index (χ0) is 15.0. The molecule has 0 bridgehead atoms. The van der Waals surface area contributed by atoms with Crippen molar-refractivity contribution < 1.29 is 9.47 Å². The maximum atomic E-state index is 6.13. The van der Waals surface area contributed by atoms with Crippen molar-refractivity contribution in [3.63, 3.8) is 0 Å². The number of aryl methyl sites for hydroxylation is 1. The maximum absolute atomic E-state index is 6.13. The van der Waals surface area contributed by atoms with Crippen LogP contribution in [0.5, 0.6) is 11.5 Å². The number of methoxy groups -OCH3 is 1. The van der Waals surface area contributed by atoms with Crippen molar-refractivity contribution in [2.75, 3.05) is 20.2 Å². The van der Waals surface area contributed by atoms with Gasteiger partial charge in [-0.2, -0.15) is 0 Å². The fraction of sp³-hybridized carbons (Fsp3) is 0.647. The van der Waals surface area contributed by atoms with Crippen LogP contribution < -0.4 is 14.8 Å². The second-order valence-electron chi connectivity index (χ2n) is 5.73. The molecule has 0 fully saturated rings. The lowest BCUT2D eigenvalue weighted by atomic mass is 10.1. The van der Waals surface area contributed by atoms with E-state index in [0.717, 1.165) is 37.4 Å². The highest BCUT2D eigenvalue weighted by molar-refractivity contribution is 5.42. The topological polar surface area (TPSA) is 30.5 Å². The van der Waals surface area contributed by atoms with Crippen molar-refractivity contribution in [2.24, 2.45) is 5.92 Å². The SMILES string of the molecule is CCCC(CNCC(C)C)Oc1ccc(C)cc1OC. The molecule has 0 aromatic heterocycles. The molecular formula is C17H29NO2. The van der Waals surface area contributed by atoms with E-state index in [1.54, 1.807) is 7.11 Å². The van der Waals surface area contributed by atoms with Crippen LogP contribution in [0.3, 0.4) is 0 Å². The molecule has 114 valence electrons. The molecule has 0 aliphatic rings. The molecule has 0 radical (unpaired) electrons. The zero-order valence-corrected chi connectivity index (χ0v) is 13.5. The Bertz CT molecular complexity index is 391. The summed E-state index contributed by atoms with van der Waals surface area (Å²) in [4.78, 5) is 0. The molecule has 1 rings (SSSR count). The Labute approximate surface area is 123 Å². The fourth-order valence-corrected chi connectivity index (χ4v) is 2.11. The van der Waals surface area contributed by atoms with Gasteiger partial charge in [0, 0.05) is 6.54 Å². The largest absolute Gasteiger partial charge is 0.493 e. The summed E-state index contributed by atoms with van der Waals surface area (Å²) in [6.07, 6.45) is 2.35. The second kappa shape index (κ2) is 8.85. The average Bonchev–Trinajstić information content (AvgIpc) is 2.40. The minimum absolute atomic E-state index is 0.190. The number of rotatable bonds is 9. The van der Waals surface area contributed by atoms with Gasteiger partial charge in [-0.25, -0.2) is 0 Å². The van der Waals surface area contributed by atoms with Crippen molar-refractivity contribution in [1.29, 1.82) is 0 Å². The monoisotopic (exact) mass is 279 g/mol. The summed E-state index contributed by atoms with van der Waals surface area (Å²) in [7, 11) is 1.69. The smallest absolute Gasteiger partial charge is 0.161 e. The van der Waals surface area contributed by atoms with Crippen molar-refractivity contribution in [2.45, 2.75) is 46.6 Å². The minimum Gasteiger partial charge on any atom is -0.493 e. The van der Waals surface area contributed by atoms with E-state index < -0.39 is 0 Å². The van der Waals surface area contributed by atoms with Gasteiger partial charge in [0.05, 0.1) is 7.11 Å². The van der Waals surface area contributed by atoms with Crippen LogP contribution in [0.25, 0.3) is 0 Å². The van der Waals surface area contributed by atoms with Crippen LogP contribution >= 0.6 is 0 Å². The molecule has 1 atom stereocenters. The van der Waals surface area contributed by atoms with Gasteiger partial charge in [-0.1, -0.05) is 33.3 Å². The highest BCUT2D eigenvalue weighted by atomic mass is 16.5. The van der Waals surface area contributed by atoms with Gasteiger partial charge >= 0.3 is 0 Å². The molecule has 3 heteroatoms. The van der Waals surface area contributed by atoms with Crippen molar-refractivity contribution >= 4 is 0 Å². The van der Waals surface area contributed by atoms with E-state index in [1.807, 2.05) is 12.1 Å². The van der Waals surface area contributed by atoms with Gasteiger partial charge in [-0.05, 0) is 43.5 Å². The van der Waals surface area contributed by atoms with Crippen LogP contribution in [0, 0.1) is 12.8 Å². The van der Waals surface area contributed by atoms with E-state index in [4.69, 9.17) is 9.47 Å². The van der Waals surface area contributed by atoms with Crippen LogP contribution in [-0.2, 0) is 0 Å². The lowest BCUT2D eigenvalue weighted by Crippen LogP contribution is -2.33. The number of nitrogens with one attached hydrogen (secondary N) is 1. The number of ether oxygens (including phenoxy) is 2. The van der Waals surface area contributed by atoms with E-state index in [0.29, 0.717) is 5.92 Å². The molecule has 0 amide bonds. The zero-order valence-electron chi connectivity index (χ0n) is 13.5. The third-order valence-electron chi connectivity index (χ3n) is 3.15. The van der Waals surface area contributed by atoms with Gasteiger partial charge in [0.25, 0.3) is 0 Å². The summed E-state index contributed by atoms with van der Waals surface area (Å²) in [5.41, 5.74) is 1.18. The third-order valence-corrected chi connectivity index (χ3v) is 3.15. The minimum atomic E-state index is 0.190. The van der Waals surface area contributed by atoms with Gasteiger partial charge in [0.2, 0.25) is 0 Å². The highest BCUT2D eigenvalue weighted by Crippen LogP contribution is 2.29. The summed E-state index contributed by atoms with van der Waals surface area (Å²) in [6, 6.07) is 6.07. The molecule has 1 aromatic rings. The normalized spacial score (nSPS) is 12.5. The quantitative estimate of drug-likeness (QED) is 0.746. The molecule has 0 heterocycles. The summed E-state index contributed by atoms with van der Waals surface area (Å²) in [5.74, 6) is 2.31. The Kier molecular flexibility index (Phi) is 7.45. The van der Waals surface area contributed by atoms with Crippen LogP contribution in [0.1, 0.15) is 39.2 Å². The van der Waals surface area contributed by atoms with Gasteiger partial charge in [-0.3, -0.25) is 0 Å². The first kappa shape index (κ1) is 16.8. The van der Waals surface area contributed by atoms with Gasteiger partial charge in [0.1, 0.15) is 6.10 Å². The van der Waals surface area contributed by atoms with Gasteiger partial charge in [-0.15, -0.1) is 0 Å². The summed E-state index contributed by atoms with van der Waals surface area (Å²) in [5, 5.41) is 3.47.